The molecule has 1 aliphatic heterocycles. The summed E-state index contributed by atoms with van der Waals surface area (Å²) in [4.78, 5) is 4.55. The van der Waals surface area contributed by atoms with Crippen molar-refractivity contribution < 1.29 is 4.74 Å². The minimum absolute atomic E-state index is 0.105. The van der Waals surface area contributed by atoms with Gasteiger partial charge in [-0.1, -0.05) is 43.2 Å². The predicted molar refractivity (Wildman–Crippen MR) is 77.6 cm³/mol. The van der Waals surface area contributed by atoms with Crippen molar-refractivity contribution in [2.45, 2.75) is 44.3 Å². The highest BCUT2D eigenvalue weighted by Crippen LogP contribution is 2.23. The molecule has 3 heteroatoms. The molecule has 1 fully saturated rings. The molecule has 0 bridgehead atoms. The van der Waals surface area contributed by atoms with E-state index in [2.05, 4.69) is 40.6 Å². The Labute approximate surface area is 115 Å². The summed E-state index contributed by atoms with van der Waals surface area (Å²) < 4.78 is 6.31. The maximum absolute atomic E-state index is 6.31. The van der Waals surface area contributed by atoms with Gasteiger partial charge in [-0.15, -0.1) is 0 Å². The van der Waals surface area contributed by atoms with E-state index in [-0.39, 0.29) is 6.10 Å². The molecule has 1 aliphatic carbocycles. The number of rotatable bonds is 5. The molecule has 0 amide bonds. The van der Waals surface area contributed by atoms with E-state index in [9.17, 15) is 0 Å². The van der Waals surface area contributed by atoms with Gasteiger partial charge >= 0.3 is 0 Å². The van der Waals surface area contributed by atoms with Crippen LogP contribution >= 0.6 is 0 Å². The van der Waals surface area contributed by atoms with Gasteiger partial charge in [-0.2, -0.15) is 0 Å². The Balaban J connectivity index is 1.68. The van der Waals surface area contributed by atoms with E-state index in [1.54, 1.807) is 0 Å². The molecule has 3 nitrogen and oxygen atoms in total. The van der Waals surface area contributed by atoms with Crippen molar-refractivity contribution in [2.75, 3.05) is 13.1 Å². The SMILES string of the molecule is c1ccc(CC(OC2CCCC2)C2=NCCN2)cc1. The Kier molecular flexibility index (Phi) is 4.13. The van der Waals surface area contributed by atoms with Gasteiger partial charge in [0, 0.05) is 13.0 Å². The number of hydrogen-bond acceptors (Lipinski definition) is 3. The molecular weight excluding hydrogens is 236 g/mol. The summed E-state index contributed by atoms with van der Waals surface area (Å²) in [6, 6.07) is 10.6. The molecule has 3 rings (SSSR count). The summed E-state index contributed by atoms with van der Waals surface area (Å²) in [7, 11) is 0. The van der Waals surface area contributed by atoms with Crippen LogP contribution in [0.5, 0.6) is 0 Å². The van der Waals surface area contributed by atoms with Gasteiger partial charge in [-0.25, -0.2) is 0 Å². The van der Waals surface area contributed by atoms with Crippen molar-refractivity contribution in [3.63, 3.8) is 0 Å². The smallest absolute Gasteiger partial charge is 0.126 e. The standard InChI is InChI=1S/C16H22N2O/c1-2-6-13(7-3-1)12-15(16-17-10-11-18-16)19-14-8-4-5-9-14/h1-3,6-7,14-15H,4-5,8-12H2,(H,17,18). The molecule has 0 saturated heterocycles. The maximum atomic E-state index is 6.31. The quantitative estimate of drug-likeness (QED) is 0.880. The number of benzene rings is 1. The number of ether oxygens (including phenoxy) is 1. The fraction of sp³-hybridized carbons (Fsp3) is 0.562. The first-order chi connectivity index (χ1) is 9.42. The molecule has 1 unspecified atom stereocenters. The second kappa shape index (κ2) is 6.20. The van der Waals surface area contributed by atoms with Crippen molar-refractivity contribution >= 4 is 5.84 Å². The molecule has 1 heterocycles. The Hall–Kier alpha value is -1.35. The summed E-state index contributed by atoms with van der Waals surface area (Å²) >= 11 is 0. The summed E-state index contributed by atoms with van der Waals surface area (Å²) in [6.45, 7) is 1.84. The normalized spacial score (nSPS) is 21.2. The topological polar surface area (TPSA) is 33.6 Å². The van der Waals surface area contributed by atoms with E-state index in [4.69, 9.17) is 4.74 Å². The van der Waals surface area contributed by atoms with E-state index in [1.165, 1.54) is 31.2 Å². The summed E-state index contributed by atoms with van der Waals surface area (Å²) in [5.41, 5.74) is 1.32. The zero-order valence-electron chi connectivity index (χ0n) is 11.3. The van der Waals surface area contributed by atoms with Gasteiger partial charge in [-0.05, 0) is 18.4 Å². The van der Waals surface area contributed by atoms with Crippen LogP contribution in [0.4, 0.5) is 0 Å². The van der Waals surface area contributed by atoms with Gasteiger partial charge in [0.25, 0.3) is 0 Å². The Morgan fingerprint density at radius 3 is 2.68 bits per heavy atom. The first kappa shape index (κ1) is 12.7. The van der Waals surface area contributed by atoms with Gasteiger partial charge in [-0.3, -0.25) is 4.99 Å². The fourth-order valence-electron chi connectivity index (χ4n) is 2.93. The minimum Gasteiger partial charge on any atom is -0.370 e. The molecular formula is C16H22N2O. The third kappa shape index (κ3) is 3.35. The number of amidine groups is 1. The average molecular weight is 258 g/mol. The number of hydrogen-bond donors (Lipinski definition) is 1. The second-order valence-electron chi connectivity index (χ2n) is 5.41. The molecule has 1 N–H and O–H groups in total. The molecule has 0 spiro atoms. The van der Waals surface area contributed by atoms with Crippen LogP contribution < -0.4 is 5.32 Å². The Bertz CT molecular complexity index is 424. The van der Waals surface area contributed by atoms with Crippen LogP contribution in [0.15, 0.2) is 35.3 Å². The van der Waals surface area contributed by atoms with Crippen molar-refractivity contribution in [3.05, 3.63) is 35.9 Å². The van der Waals surface area contributed by atoms with Crippen LogP contribution in [0, 0.1) is 0 Å². The molecule has 1 aromatic carbocycles. The molecule has 1 aromatic rings. The van der Waals surface area contributed by atoms with Crippen molar-refractivity contribution in [1.29, 1.82) is 0 Å². The van der Waals surface area contributed by atoms with Crippen LogP contribution in [0.1, 0.15) is 31.2 Å². The molecule has 1 atom stereocenters. The molecule has 1 saturated carbocycles. The van der Waals surface area contributed by atoms with Gasteiger partial charge in [0.2, 0.25) is 0 Å². The lowest BCUT2D eigenvalue weighted by atomic mass is 10.1. The predicted octanol–water partition coefficient (Wildman–Crippen LogP) is 2.56. The van der Waals surface area contributed by atoms with E-state index in [0.717, 1.165) is 25.3 Å². The van der Waals surface area contributed by atoms with Crippen LogP contribution in [-0.2, 0) is 11.2 Å². The van der Waals surface area contributed by atoms with Crippen LogP contribution in [0.2, 0.25) is 0 Å². The zero-order chi connectivity index (χ0) is 12.9. The number of nitrogens with one attached hydrogen (secondary N) is 1. The van der Waals surface area contributed by atoms with E-state index >= 15 is 0 Å². The highest BCUT2D eigenvalue weighted by molar-refractivity contribution is 5.88. The number of nitrogens with zero attached hydrogens (tertiary/aromatic N) is 1. The summed E-state index contributed by atoms with van der Waals surface area (Å²) in [5, 5.41) is 3.38. The largest absolute Gasteiger partial charge is 0.370 e. The number of aliphatic imine (C=N–C) groups is 1. The fourth-order valence-corrected chi connectivity index (χ4v) is 2.93. The average Bonchev–Trinajstić information content (AvgIpc) is 3.12. The van der Waals surface area contributed by atoms with Crippen LogP contribution in [-0.4, -0.2) is 31.1 Å². The highest BCUT2D eigenvalue weighted by Gasteiger charge is 2.25. The molecule has 19 heavy (non-hydrogen) atoms. The molecule has 102 valence electrons. The monoisotopic (exact) mass is 258 g/mol. The second-order valence-corrected chi connectivity index (χ2v) is 5.41. The lowest BCUT2D eigenvalue weighted by Crippen LogP contribution is -2.37. The molecule has 0 aromatic heterocycles. The zero-order valence-corrected chi connectivity index (χ0v) is 11.3. The molecule has 0 radical (unpaired) electrons. The van der Waals surface area contributed by atoms with Crippen LogP contribution in [0.3, 0.4) is 0 Å². The van der Waals surface area contributed by atoms with Gasteiger partial charge < -0.3 is 10.1 Å². The minimum atomic E-state index is 0.105. The molecule has 2 aliphatic rings. The van der Waals surface area contributed by atoms with Crippen molar-refractivity contribution in [2.24, 2.45) is 4.99 Å². The lowest BCUT2D eigenvalue weighted by molar-refractivity contribution is 0.0272. The third-order valence-corrected chi connectivity index (χ3v) is 3.93. The Morgan fingerprint density at radius 2 is 2.00 bits per heavy atom. The first-order valence-corrected chi connectivity index (χ1v) is 7.39. The van der Waals surface area contributed by atoms with Crippen molar-refractivity contribution in [3.8, 4) is 0 Å². The van der Waals surface area contributed by atoms with Gasteiger partial charge in [0.1, 0.15) is 11.9 Å². The van der Waals surface area contributed by atoms with E-state index in [1.807, 2.05) is 0 Å². The lowest BCUT2D eigenvalue weighted by Gasteiger charge is -2.22. The maximum Gasteiger partial charge on any atom is 0.126 e. The van der Waals surface area contributed by atoms with E-state index in [0.29, 0.717) is 6.10 Å². The highest BCUT2D eigenvalue weighted by atomic mass is 16.5. The van der Waals surface area contributed by atoms with Gasteiger partial charge in [0.15, 0.2) is 0 Å². The van der Waals surface area contributed by atoms with E-state index < -0.39 is 0 Å². The first-order valence-electron chi connectivity index (χ1n) is 7.39. The Morgan fingerprint density at radius 1 is 1.21 bits per heavy atom. The third-order valence-electron chi connectivity index (χ3n) is 3.93. The van der Waals surface area contributed by atoms with Crippen molar-refractivity contribution in [1.82, 2.24) is 5.32 Å². The summed E-state index contributed by atoms with van der Waals surface area (Å²) in [5.74, 6) is 1.05. The van der Waals surface area contributed by atoms with Crippen LogP contribution in [0.25, 0.3) is 0 Å². The summed E-state index contributed by atoms with van der Waals surface area (Å²) in [6.07, 6.45) is 6.48. The van der Waals surface area contributed by atoms with Gasteiger partial charge in [0.05, 0.1) is 12.6 Å².